The van der Waals surface area contributed by atoms with Crippen LogP contribution in [0.3, 0.4) is 0 Å². The minimum atomic E-state index is -0.0251. The number of nitrogens with zero attached hydrogens (tertiary/aromatic N) is 1. The van der Waals surface area contributed by atoms with Crippen LogP contribution in [0, 0.1) is 12.8 Å². The Kier molecular flexibility index (Phi) is 7.75. The number of nitrogens with one attached hydrogen (secondary N) is 1. The van der Waals surface area contributed by atoms with Gasteiger partial charge in [0.05, 0.1) is 20.3 Å². The molecule has 0 radical (unpaired) electrons. The Bertz CT molecular complexity index is 827. The Morgan fingerprint density at radius 1 is 1.07 bits per heavy atom. The van der Waals surface area contributed by atoms with Crippen LogP contribution in [0.1, 0.15) is 48.9 Å². The lowest BCUT2D eigenvalue weighted by Crippen LogP contribution is -2.41. The number of rotatable bonds is 8. The van der Waals surface area contributed by atoms with Crippen LogP contribution in [0.15, 0.2) is 42.5 Å². The summed E-state index contributed by atoms with van der Waals surface area (Å²) in [5.41, 5.74) is 3.66. The second-order valence-corrected chi connectivity index (χ2v) is 8.12. The highest BCUT2D eigenvalue weighted by molar-refractivity contribution is 5.79. The zero-order valence-electron chi connectivity index (χ0n) is 18.6. The number of likely N-dealkylation sites (tertiary alicyclic amines) is 1. The Morgan fingerprint density at radius 3 is 2.33 bits per heavy atom. The third-order valence-corrected chi connectivity index (χ3v) is 6.02. The number of hydrogen-bond acceptors (Lipinski definition) is 4. The third kappa shape index (κ3) is 5.54. The number of amides is 1. The summed E-state index contributed by atoms with van der Waals surface area (Å²) in [4.78, 5) is 15.4. The van der Waals surface area contributed by atoms with E-state index in [0.29, 0.717) is 11.5 Å². The molecule has 2 aromatic rings. The molecule has 1 atom stereocenters. The van der Waals surface area contributed by atoms with Crippen molar-refractivity contribution in [3.8, 4) is 11.5 Å². The van der Waals surface area contributed by atoms with E-state index in [1.807, 2.05) is 18.2 Å². The molecule has 1 heterocycles. The summed E-state index contributed by atoms with van der Waals surface area (Å²) in [6, 6.07) is 14.5. The van der Waals surface area contributed by atoms with Gasteiger partial charge in [0, 0.05) is 12.5 Å². The molecule has 1 N–H and O–H groups in total. The summed E-state index contributed by atoms with van der Waals surface area (Å²) in [6.07, 6.45) is 2.63. The van der Waals surface area contributed by atoms with E-state index in [1.54, 1.807) is 14.2 Å². The lowest BCUT2D eigenvalue weighted by molar-refractivity contribution is -0.127. The lowest BCUT2D eigenvalue weighted by atomic mass is 9.94. The molecule has 0 saturated carbocycles. The highest BCUT2D eigenvalue weighted by atomic mass is 16.5. The molecule has 1 fully saturated rings. The summed E-state index contributed by atoms with van der Waals surface area (Å²) >= 11 is 0. The average Bonchev–Trinajstić information content (AvgIpc) is 2.78. The molecular formula is C25H34N2O3. The van der Waals surface area contributed by atoms with Crippen LogP contribution < -0.4 is 14.8 Å². The monoisotopic (exact) mass is 410 g/mol. The lowest BCUT2D eigenvalue weighted by Gasteiger charge is -2.32. The molecule has 0 spiro atoms. The third-order valence-electron chi connectivity index (χ3n) is 6.02. The van der Waals surface area contributed by atoms with Crippen molar-refractivity contribution in [2.24, 2.45) is 5.92 Å². The van der Waals surface area contributed by atoms with E-state index in [1.165, 1.54) is 11.1 Å². The number of aryl methyl sites for hydroxylation is 1. The van der Waals surface area contributed by atoms with Crippen LogP contribution in [0.4, 0.5) is 0 Å². The van der Waals surface area contributed by atoms with Gasteiger partial charge >= 0.3 is 0 Å². The molecule has 30 heavy (non-hydrogen) atoms. The molecule has 0 bridgehead atoms. The number of benzene rings is 2. The predicted molar refractivity (Wildman–Crippen MR) is 120 cm³/mol. The van der Waals surface area contributed by atoms with E-state index in [2.05, 4.69) is 48.3 Å². The van der Waals surface area contributed by atoms with Crippen molar-refractivity contribution in [1.82, 2.24) is 10.2 Å². The second-order valence-electron chi connectivity index (χ2n) is 8.12. The molecule has 5 nitrogen and oxygen atoms in total. The smallest absolute Gasteiger partial charge is 0.223 e. The van der Waals surface area contributed by atoms with E-state index in [-0.39, 0.29) is 17.9 Å². The zero-order chi connectivity index (χ0) is 21.5. The number of hydrogen-bond donors (Lipinski definition) is 1. The summed E-state index contributed by atoms with van der Waals surface area (Å²) in [5.74, 6) is 1.62. The van der Waals surface area contributed by atoms with Crippen LogP contribution in [0.5, 0.6) is 11.5 Å². The maximum Gasteiger partial charge on any atom is 0.223 e. The van der Waals surface area contributed by atoms with Gasteiger partial charge in [0.15, 0.2) is 11.5 Å². The molecular weight excluding hydrogens is 376 g/mol. The Morgan fingerprint density at radius 2 is 1.73 bits per heavy atom. The van der Waals surface area contributed by atoms with Crippen LogP contribution in [-0.4, -0.2) is 38.1 Å². The van der Waals surface area contributed by atoms with Crippen molar-refractivity contribution in [3.63, 3.8) is 0 Å². The van der Waals surface area contributed by atoms with Crippen molar-refractivity contribution >= 4 is 5.91 Å². The Labute approximate surface area is 180 Å². The molecule has 3 rings (SSSR count). The maximum atomic E-state index is 12.9. The van der Waals surface area contributed by atoms with Crippen LogP contribution in [0.2, 0.25) is 0 Å². The van der Waals surface area contributed by atoms with E-state index < -0.39 is 0 Å². The predicted octanol–water partition coefficient (Wildman–Crippen LogP) is 4.49. The van der Waals surface area contributed by atoms with Gasteiger partial charge in [0.2, 0.25) is 5.91 Å². The van der Waals surface area contributed by atoms with E-state index >= 15 is 0 Å². The quantitative estimate of drug-likeness (QED) is 0.697. The average molecular weight is 411 g/mol. The molecule has 162 valence electrons. The zero-order valence-corrected chi connectivity index (χ0v) is 18.6. The molecule has 2 aromatic carbocycles. The number of piperidine rings is 1. The first-order valence-corrected chi connectivity index (χ1v) is 10.8. The second kappa shape index (κ2) is 10.5. The van der Waals surface area contributed by atoms with E-state index in [4.69, 9.17) is 9.47 Å². The summed E-state index contributed by atoms with van der Waals surface area (Å²) < 4.78 is 10.7. The molecule has 1 aliphatic rings. The summed E-state index contributed by atoms with van der Waals surface area (Å²) in [7, 11) is 3.26. The minimum Gasteiger partial charge on any atom is -0.493 e. The van der Waals surface area contributed by atoms with Crippen molar-refractivity contribution in [1.29, 1.82) is 0 Å². The highest BCUT2D eigenvalue weighted by Gasteiger charge is 2.26. The van der Waals surface area contributed by atoms with Gasteiger partial charge in [-0.2, -0.15) is 0 Å². The van der Waals surface area contributed by atoms with Gasteiger partial charge in [-0.15, -0.1) is 0 Å². The largest absolute Gasteiger partial charge is 0.493 e. The van der Waals surface area contributed by atoms with Crippen molar-refractivity contribution < 1.29 is 14.3 Å². The number of methoxy groups -OCH3 is 2. The minimum absolute atomic E-state index is 0.0251. The SMILES string of the molecule is CCC(NC(=O)C1CCN(Cc2ccc(C)cc2)CC1)c1ccc(OC)c(OC)c1. The normalized spacial score (nSPS) is 16.1. The van der Waals surface area contributed by atoms with Crippen LogP contribution >= 0.6 is 0 Å². The van der Waals surface area contributed by atoms with Gasteiger partial charge in [-0.3, -0.25) is 9.69 Å². The van der Waals surface area contributed by atoms with Crippen molar-refractivity contribution in [2.75, 3.05) is 27.3 Å². The van der Waals surface area contributed by atoms with Crippen molar-refractivity contribution in [3.05, 3.63) is 59.2 Å². The molecule has 1 unspecified atom stereocenters. The summed E-state index contributed by atoms with van der Waals surface area (Å²) in [6.45, 7) is 7.07. The fraction of sp³-hybridized carbons (Fsp3) is 0.480. The Balaban J connectivity index is 1.54. The van der Waals surface area contributed by atoms with Crippen LogP contribution in [-0.2, 0) is 11.3 Å². The standard InChI is InChI=1S/C25H34N2O3/c1-5-22(21-10-11-23(29-3)24(16-21)30-4)26-25(28)20-12-14-27(15-13-20)17-19-8-6-18(2)7-9-19/h6-11,16,20,22H,5,12-15,17H2,1-4H3,(H,26,28). The molecule has 5 heteroatoms. The van der Waals surface area contributed by atoms with E-state index in [0.717, 1.165) is 44.5 Å². The first-order chi connectivity index (χ1) is 14.5. The number of ether oxygens (including phenoxy) is 2. The molecule has 0 aliphatic carbocycles. The van der Waals surface area contributed by atoms with Gasteiger partial charge in [0.1, 0.15) is 0 Å². The van der Waals surface area contributed by atoms with Gasteiger partial charge in [-0.25, -0.2) is 0 Å². The fourth-order valence-corrected chi connectivity index (χ4v) is 4.09. The first-order valence-electron chi connectivity index (χ1n) is 10.8. The maximum absolute atomic E-state index is 12.9. The number of carbonyl (C=O) groups excluding carboxylic acids is 1. The van der Waals surface area contributed by atoms with Gasteiger partial charge < -0.3 is 14.8 Å². The van der Waals surface area contributed by atoms with Gasteiger partial charge in [-0.1, -0.05) is 42.8 Å². The molecule has 1 aliphatic heterocycles. The van der Waals surface area contributed by atoms with E-state index in [9.17, 15) is 4.79 Å². The molecule has 1 amide bonds. The Hall–Kier alpha value is -2.53. The first kappa shape index (κ1) is 22.2. The van der Waals surface area contributed by atoms with Crippen molar-refractivity contribution in [2.45, 2.75) is 45.7 Å². The topological polar surface area (TPSA) is 50.8 Å². The summed E-state index contributed by atoms with van der Waals surface area (Å²) in [5, 5.41) is 3.26. The molecule has 1 saturated heterocycles. The van der Waals surface area contributed by atoms with Gasteiger partial charge in [-0.05, 0) is 62.5 Å². The highest BCUT2D eigenvalue weighted by Crippen LogP contribution is 2.31. The fourth-order valence-electron chi connectivity index (χ4n) is 4.09. The van der Waals surface area contributed by atoms with Gasteiger partial charge in [0.25, 0.3) is 0 Å². The van der Waals surface area contributed by atoms with Crippen LogP contribution in [0.25, 0.3) is 0 Å². The molecule has 0 aromatic heterocycles. The number of carbonyl (C=O) groups is 1.